The van der Waals surface area contributed by atoms with E-state index in [2.05, 4.69) is 26.1 Å². The Morgan fingerprint density at radius 2 is 0.977 bits per heavy atom. The molecule has 5 nitrogen and oxygen atoms in total. The first-order valence-corrected chi connectivity index (χ1v) is 19.4. The normalized spacial score (nSPS) is 14.0. The van der Waals surface area contributed by atoms with Gasteiger partial charge in [-0.15, -0.1) is 0 Å². The van der Waals surface area contributed by atoms with Crippen LogP contribution in [0.1, 0.15) is 201 Å². The maximum Gasteiger partial charge on any atom is 0.249 e. The highest BCUT2D eigenvalue weighted by atomic mass is 16.3. The average molecular weight is 624 g/mol. The number of rotatable bonds is 34. The van der Waals surface area contributed by atoms with Crippen molar-refractivity contribution >= 4 is 5.91 Å². The summed E-state index contributed by atoms with van der Waals surface area (Å²) >= 11 is 0. The van der Waals surface area contributed by atoms with Crippen molar-refractivity contribution in [2.45, 2.75) is 219 Å². The number of hydrogen-bond donors (Lipinski definition) is 4. The second-order valence-corrected chi connectivity index (χ2v) is 14.0. The van der Waals surface area contributed by atoms with Crippen molar-refractivity contribution in [2.24, 2.45) is 5.92 Å². The summed E-state index contributed by atoms with van der Waals surface area (Å²) in [5.41, 5.74) is 0. The predicted octanol–water partition coefficient (Wildman–Crippen LogP) is 10.3. The molecule has 44 heavy (non-hydrogen) atoms. The fourth-order valence-corrected chi connectivity index (χ4v) is 5.96. The minimum Gasteiger partial charge on any atom is -0.394 e. The van der Waals surface area contributed by atoms with Crippen molar-refractivity contribution in [3.63, 3.8) is 0 Å². The van der Waals surface area contributed by atoms with Gasteiger partial charge in [0.2, 0.25) is 5.91 Å². The lowest BCUT2D eigenvalue weighted by molar-refractivity contribution is -0.131. The number of unbranched alkanes of at least 4 members (excludes halogenated alkanes) is 24. The Kier molecular flexibility index (Phi) is 32.8. The molecule has 3 atom stereocenters. The van der Waals surface area contributed by atoms with E-state index in [1.165, 1.54) is 141 Å². The smallest absolute Gasteiger partial charge is 0.249 e. The summed E-state index contributed by atoms with van der Waals surface area (Å²) in [5, 5.41) is 33.0. The van der Waals surface area contributed by atoms with Gasteiger partial charge >= 0.3 is 0 Å². The number of carbonyl (C=O) groups excluding carboxylic acids is 1. The predicted molar refractivity (Wildman–Crippen MR) is 190 cm³/mol. The number of aliphatic hydroxyl groups is 3. The van der Waals surface area contributed by atoms with Crippen molar-refractivity contribution in [3.8, 4) is 0 Å². The van der Waals surface area contributed by atoms with E-state index in [1.54, 1.807) is 6.08 Å². The molecule has 0 bridgehead atoms. The largest absolute Gasteiger partial charge is 0.394 e. The summed E-state index contributed by atoms with van der Waals surface area (Å²) in [6.45, 7) is 6.49. The van der Waals surface area contributed by atoms with Crippen LogP contribution in [0.15, 0.2) is 12.2 Å². The zero-order chi connectivity index (χ0) is 32.5. The van der Waals surface area contributed by atoms with E-state index >= 15 is 0 Å². The van der Waals surface area contributed by atoms with Crippen molar-refractivity contribution < 1.29 is 20.1 Å². The van der Waals surface area contributed by atoms with Crippen molar-refractivity contribution in [2.75, 3.05) is 6.61 Å². The molecule has 0 saturated carbocycles. The van der Waals surface area contributed by atoms with Crippen LogP contribution in [0.2, 0.25) is 0 Å². The summed E-state index contributed by atoms with van der Waals surface area (Å²) in [7, 11) is 0. The Hall–Kier alpha value is -0.910. The molecule has 0 aliphatic carbocycles. The third kappa shape index (κ3) is 29.8. The molecule has 0 fully saturated rings. The molecule has 4 N–H and O–H groups in total. The van der Waals surface area contributed by atoms with Gasteiger partial charge in [-0.05, 0) is 25.2 Å². The number of aliphatic hydroxyl groups excluding tert-OH is 3. The molecule has 0 radical (unpaired) electrons. The summed E-state index contributed by atoms with van der Waals surface area (Å²) in [6, 6.07) is -0.792. The number of nitrogens with one attached hydrogen (secondary N) is 1. The molecule has 0 heterocycles. The van der Waals surface area contributed by atoms with Crippen LogP contribution in [0, 0.1) is 5.92 Å². The van der Waals surface area contributed by atoms with Gasteiger partial charge in [-0.1, -0.05) is 193 Å². The first kappa shape index (κ1) is 43.1. The van der Waals surface area contributed by atoms with Crippen LogP contribution in [0.3, 0.4) is 0 Å². The summed E-state index contributed by atoms with van der Waals surface area (Å²) in [4.78, 5) is 12.4. The third-order valence-electron chi connectivity index (χ3n) is 9.06. The topological polar surface area (TPSA) is 89.8 Å². The lowest BCUT2D eigenvalue weighted by Crippen LogP contribution is -2.48. The summed E-state index contributed by atoms with van der Waals surface area (Å²) < 4.78 is 0. The van der Waals surface area contributed by atoms with Crippen LogP contribution in [-0.4, -0.2) is 46.1 Å². The SMILES string of the molecule is CCCCCCCCCCCCCCCCCCCC[C@@H](O)C(=O)N[C@@H](CO)[C@H](O)/C=C/CCCCCCCCCC(C)C. The molecule has 0 aliphatic rings. The van der Waals surface area contributed by atoms with E-state index in [-0.39, 0.29) is 6.61 Å². The zero-order valence-electron chi connectivity index (χ0n) is 29.7. The Bertz CT molecular complexity index is 623. The van der Waals surface area contributed by atoms with Crippen LogP contribution in [-0.2, 0) is 4.79 Å². The van der Waals surface area contributed by atoms with Gasteiger partial charge in [-0.3, -0.25) is 4.79 Å². The van der Waals surface area contributed by atoms with Crippen LogP contribution in [0.5, 0.6) is 0 Å². The number of amides is 1. The minimum atomic E-state index is -1.09. The van der Waals surface area contributed by atoms with Gasteiger partial charge < -0.3 is 20.6 Å². The summed E-state index contributed by atoms with van der Waals surface area (Å²) in [5.74, 6) is 0.307. The van der Waals surface area contributed by atoms with E-state index in [4.69, 9.17) is 0 Å². The molecule has 0 rings (SSSR count). The van der Waals surface area contributed by atoms with Crippen molar-refractivity contribution in [1.29, 1.82) is 0 Å². The van der Waals surface area contributed by atoms with Gasteiger partial charge in [-0.25, -0.2) is 0 Å². The van der Waals surface area contributed by atoms with E-state index < -0.39 is 24.2 Å². The monoisotopic (exact) mass is 624 g/mol. The van der Waals surface area contributed by atoms with Crippen LogP contribution < -0.4 is 5.32 Å². The van der Waals surface area contributed by atoms with E-state index in [9.17, 15) is 20.1 Å². The maximum atomic E-state index is 12.4. The number of allylic oxidation sites excluding steroid dienone is 1. The quantitative estimate of drug-likeness (QED) is 0.0424. The molecule has 1 amide bonds. The molecular formula is C39H77NO4. The zero-order valence-corrected chi connectivity index (χ0v) is 29.7. The molecule has 0 aromatic rings. The maximum absolute atomic E-state index is 12.4. The molecule has 0 unspecified atom stereocenters. The Morgan fingerprint density at radius 1 is 0.591 bits per heavy atom. The van der Waals surface area contributed by atoms with Crippen molar-refractivity contribution in [1.82, 2.24) is 5.32 Å². The lowest BCUT2D eigenvalue weighted by Gasteiger charge is -2.21. The van der Waals surface area contributed by atoms with Gasteiger partial charge in [0.05, 0.1) is 18.8 Å². The molecule has 5 heteroatoms. The first-order chi connectivity index (χ1) is 21.4. The molecule has 0 aliphatic heterocycles. The average Bonchev–Trinajstić information content (AvgIpc) is 3.01. The molecule has 0 saturated heterocycles. The highest BCUT2D eigenvalue weighted by molar-refractivity contribution is 5.80. The van der Waals surface area contributed by atoms with Gasteiger partial charge in [0.25, 0.3) is 0 Å². The highest BCUT2D eigenvalue weighted by Gasteiger charge is 2.22. The Labute approximate surface area is 274 Å². The Morgan fingerprint density at radius 3 is 1.39 bits per heavy atom. The van der Waals surface area contributed by atoms with E-state index in [0.717, 1.165) is 38.0 Å². The van der Waals surface area contributed by atoms with E-state index in [0.29, 0.717) is 6.42 Å². The van der Waals surface area contributed by atoms with Gasteiger partial charge in [-0.2, -0.15) is 0 Å². The third-order valence-corrected chi connectivity index (χ3v) is 9.06. The molecule has 0 aromatic carbocycles. The number of hydrogen-bond acceptors (Lipinski definition) is 4. The first-order valence-electron chi connectivity index (χ1n) is 19.4. The minimum absolute atomic E-state index is 0.361. The fourth-order valence-electron chi connectivity index (χ4n) is 5.96. The lowest BCUT2D eigenvalue weighted by atomic mass is 10.0. The fraction of sp³-hybridized carbons (Fsp3) is 0.923. The second-order valence-electron chi connectivity index (χ2n) is 14.0. The van der Waals surface area contributed by atoms with Crippen molar-refractivity contribution in [3.05, 3.63) is 12.2 Å². The van der Waals surface area contributed by atoms with Crippen LogP contribution in [0.4, 0.5) is 0 Å². The molecule has 0 spiro atoms. The van der Waals surface area contributed by atoms with Gasteiger partial charge in [0, 0.05) is 0 Å². The molecule has 262 valence electrons. The second kappa shape index (κ2) is 33.5. The van der Waals surface area contributed by atoms with Crippen LogP contribution in [0.25, 0.3) is 0 Å². The molecular weight excluding hydrogens is 546 g/mol. The highest BCUT2D eigenvalue weighted by Crippen LogP contribution is 2.16. The van der Waals surface area contributed by atoms with E-state index in [1.807, 2.05) is 6.08 Å². The van der Waals surface area contributed by atoms with Gasteiger partial charge in [0.1, 0.15) is 6.10 Å². The molecule has 0 aromatic heterocycles. The Balaban J connectivity index is 3.68. The van der Waals surface area contributed by atoms with Gasteiger partial charge in [0.15, 0.2) is 0 Å². The standard InChI is InChI=1S/C39H77NO4/c1-4-5-6-7-8-9-10-11-12-13-14-15-16-17-20-24-27-30-33-38(43)39(44)40-36(34-41)37(42)32-29-26-23-21-18-19-22-25-28-31-35(2)3/h29,32,35-38,41-43H,4-28,30-31,33-34H2,1-3H3,(H,40,44)/b32-29+/t36-,37+,38+/m0/s1. The number of carbonyl (C=O) groups is 1. The van der Waals surface area contributed by atoms with Crippen LogP contribution >= 0.6 is 0 Å². The summed E-state index contributed by atoms with van der Waals surface area (Å²) in [6.07, 6.45) is 36.6.